The Hall–Kier alpha value is -1.89. The molecule has 0 atom stereocenters. The van der Waals surface area contributed by atoms with Crippen molar-refractivity contribution in [3.05, 3.63) is 65.4 Å². The van der Waals surface area contributed by atoms with Crippen LogP contribution in [0.25, 0.3) is 5.57 Å². The summed E-state index contributed by atoms with van der Waals surface area (Å²) in [6, 6.07) is 6.54. The Balaban J connectivity index is 3.28. The van der Waals surface area contributed by atoms with Crippen molar-refractivity contribution in [2.24, 2.45) is 4.99 Å². The maximum absolute atomic E-state index is 4.52. The van der Waals surface area contributed by atoms with Gasteiger partial charge in [0.2, 0.25) is 0 Å². The fourth-order valence-electron chi connectivity index (χ4n) is 1.90. The summed E-state index contributed by atoms with van der Waals surface area (Å²) in [5.74, 6) is 0. The fraction of sp³-hybridized carbons (Fsp3) is 0.316. The topological polar surface area (TPSA) is 12.4 Å². The van der Waals surface area contributed by atoms with Crippen LogP contribution in [0.3, 0.4) is 0 Å². The molecule has 0 radical (unpaired) electrons. The molecule has 1 nitrogen and oxygen atoms in total. The molecule has 20 heavy (non-hydrogen) atoms. The fourth-order valence-corrected chi connectivity index (χ4v) is 1.90. The molecule has 0 N–H and O–H groups in total. The van der Waals surface area contributed by atoms with E-state index in [1.165, 1.54) is 16.7 Å². The van der Waals surface area contributed by atoms with Crippen LogP contribution in [0.2, 0.25) is 0 Å². The summed E-state index contributed by atoms with van der Waals surface area (Å²) in [5.41, 5.74) is 8.04. The zero-order valence-corrected chi connectivity index (χ0v) is 13.4. The van der Waals surface area contributed by atoms with E-state index in [4.69, 9.17) is 0 Å². The molecule has 0 bridgehead atoms. The van der Waals surface area contributed by atoms with Gasteiger partial charge in [-0.25, -0.2) is 0 Å². The van der Waals surface area contributed by atoms with Gasteiger partial charge in [0.15, 0.2) is 0 Å². The Kier molecular flexibility index (Phi) is 5.69. The molecule has 0 aliphatic heterocycles. The van der Waals surface area contributed by atoms with Crippen LogP contribution in [0.15, 0.2) is 53.7 Å². The Morgan fingerprint density at radius 2 is 1.60 bits per heavy atom. The molecule has 0 amide bonds. The molecule has 0 aromatic heterocycles. The molecular weight excluding hydrogens is 242 g/mol. The van der Waals surface area contributed by atoms with E-state index < -0.39 is 0 Å². The highest BCUT2D eigenvalue weighted by atomic mass is 14.7. The van der Waals surface area contributed by atoms with Crippen molar-refractivity contribution >= 4 is 11.3 Å². The van der Waals surface area contributed by atoms with Crippen LogP contribution in [-0.4, -0.2) is 5.71 Å². The van der Waals surface area contributed by atoms with Gasteiger partial charge in [-0.2, -0.15) is 0 Å². The van der Waals surface area contributed by atoms with Gasteiger partial charge in [0.05, 0.1) is 0 Å². The number of allylic oxidation sites excluding steroid dienone is 3. The maximum atomic E-state index is 4.52. The first-order valence-electron chi connectivity index (χ1n) is 6.92. The second-order valence-corrected chi connectivity index (χ2v) is 5.75. The zero-order chi connectivity index (χ0) is 15.3. The summed E-state index contributed by atoms with van der Waals surface area (Å²) in [7, 11) is 0. The van der Waals surface area contributed by atoms with Crippen LogP contribution in [0.1, 0.15) is 51.3 Å². The first-order chi connectivity index (χ1) is 9.29. The Morgan fingerprint density at radius 1 is 1.00 bits per heavy atom. The number of aliphatic imine (C=N–C) groups is 1. The van der Waals surface area contributed by atoms with E-state index in [1.54, 1.807) is 0 Å². The van der Waals surface area contributed by atoms with Gasteiger partial charge >= 0.3 is 0 Å². The standard InChI is InChI=1S/C19H25N/c1-13(2)8-17-9-18(15(5)6)11-19(10-17)16(7)20-12-14(3)4/h9-12H,1,5,8H2,2-4,6-7H3/b20-16+. The predicted octanol–water partition coefficient (Wildman–Crippen LogP) is 5.57. The van der Waals surface area contributed by atoms with Gasteiger partial charge in [0.1, 0.15) is 0 Å². The van der Waals surface area contributed by atoms with E-state index in [0.29, 0.717) is 0 Å². The van der Waals surface area contributed by atoms with Crippen molar-refractivity contribution in [3.63, 3.8) is 0 Å². The summed E-state index contributed by atoms with van der Waals surface area (Å²) < 4.78 is 0. The number of nitrogens with zero attached hydrogens (tertiary/aromatic N) is 1. The summed E-state index contributed by atoms with van der Waals surface area (Å²) in [4.78, 5) is 4.52. The molecule has 1 heteroatoms. The third-order valence-electron chi connectivity index (χ3n) is 2.93. The lowest BCUT2D eigenvalue weighted by Crippen LogP contribution is -1.99. The molecule has 1 aromatic carbocycles. The largest absolute Gasteiger partial charge is 0.261 e. The summed E-state index contributed by atoms with van der Waals surface area (Å²) in [5, 5.41) is 0. The molecule has 0 saturated carbocycles. The van der Waals surface area contributed by atoms with Crippen LogP contribution in [0.5, 0.6) is 0 Å². The average Bonchev–Trinajstić information content (AvgIpc) is 2.34. The Morgan fingerprint density at radius 3 is 2.10 bits per heavy atom. The molecule has 1 aromatic rings. The smallest absolute Gasteiger partial charge is 0.0445 e. The van der Waals surface area contributed by atoms with Crippen molar-refractivity contribution in [2.45, 2.75) is 41.0 Å². The monoisotopic (exact) mass is 267 g/mol. The first kappa shape index (κ1) is 16.2. The summed E-state index contributed by atoms with van der Waals surface area (Å²) >= 11 is 0. The quantitative estimate of drug-likeness (QED) is 0.488. The zero-order valence-electron chi connectivity index (χ0n) is 13.4. The van der Waals surface area contributed by atoms with Crippen molar-refractivity contribution in [2.75, 3.05) is 0 Å². The average molecular weight is 267 g/mol. The van der Waals surface area contributed by atoms with Crippen LogP contribution < -0.4 is 0 Å². The van der Waals surface area contributed by atoms with E-state index in [9.17, 15) is 0 Å². The molecular formula is C19H25N. The van der Waals surface area contributed by atoms with Crippen LogP contribution in [0, 0.1) is 0 Å². The van der Waals surface area contributed by atoms with Crippen molar-refractivity contribution in [3.8, 4) is 0 Å². The van der Waals surface area contributed by atoms with Gasteiger partial charge in [-0.1, -0.05) is 35.9 Å². The van der Waals surface area contributed by atoms with Crippen molar-refractivity contribution < 1.29 is 0 Å². The van der Waals surface area contributed by atoms with Gasteiger partial charge in [-0.05, 0) is 69.9 Å². The van der Waals surface area contributed by atoms with Gasteiger partial charge in [-0.3, -0.25) is 4.99 Å². The lowest BCUT2D eigenvalue weighted by molar-refractivity contribution is 1.15. The third kappa shape index (κ3) is 5.00. The molecule has 0 saturated heterocycles. The van der Waals surface area contributed by atoms with Crippen LogP contribution in [-0.2, 0) is 6.42 Å². The van der Waals surface area contributed by atoms with E-state index in [2.05, 4.69) is 43.3 Å². The minimum Gasteiger partial charge on any atom is -0.261 e. The van der Waals surface area contributed by atoms with Gasteiger partial charge in [0.25, 0.3) is 0 Å². The Labute approximate surface area is 123 Å². The van der Waals surface area contributed by atoms with Gasteiger partial charge in [-0.15, -0.1) is 0 Å². The van der Waals surface area contributed by atoms with Gasteiger partial charge in [0, 0.05) is 11.9 Å². The lowest BCUT2D eigenvalue weighted by Gasteiger charge is -2.10. The van der Waals surface area contributed by atoms with E-state index >= 15 is 0 Å². The second kappa shape index (κ2) is 7.04. The minimum atomic E-state index is 0.893. The molecule has 0 aliphatic carbocycles. The van der Waals surface area contributed by atoms with Gasteiger partial charge < -0.3 is 0 Å². The highest BCUT2D eigenvalue weighted by Gasteiger charge is 2.05. The number of rotatable bonds is 5. The molecule has 0 spiro atoms. The highest BCUT2D eigenvalue weighted by Crippen LogP contribution is 2.19. The normalized spacial score (nSPS) is 11.2. The van der Waals surface area contributed by atoms with Crippen LogP contribution >= 0.6 is 0 Å². The summed E-state index contributed by atoms with van der Waals surface area (Å²) in [6.45, 7) is 18.3. The van der Waals surface area contributed by atoms with Crippen molar-refractivity contribution in [1.82, 2.24) is 0 Å². The lowest BCUT2D eigenvalue weighted by atomic mass is 9.96. The molecule has 0 fully saturated rings. The number of hydrogen-bond donors (Lipinski definition) is 0. The maximum Gasteiger partial charge on any atom is 0.0445 e. The molecule has 0 aliphatic rings. The van der Waals surface area contributed by atoms with E-state index in [-0.39, 0.29) is 0 Å². The van der Waals surface area contributed by atoms with E-state index in [1.807, 2.05) is 33.9 Å². The van der Waals surface area contributed by atoms with Crippen molar-refractivity contribution in [1.29, 1.82) is 0 Å². The first-order valence-corrected chi connectivity index (χ1v) is 6.92. The molecule has 106 valence electrons. The minimum absolute atomic E-state index is 0.893. The third-order valence-corrected chi connectivity index (χ3v) is 2.93. The van der Waals surface area contributed by atoms with E-state index in [0.717, 1.165) is 28.8 Å². The molecule has 1 rings (SSSR count). The molecule has 0 unspecified atom stereocenters. The SMILES string of the molecule is C=C(C)Cc1cc(C(=C)C)cc(/C(C)=N/C=C(C)C)c1. The molecule has 0 heterocycles. The summed E-state index contributed by atoms with van der Waals surface area (Å²) in [6.07, 6.45) is 2.80. The number of hydrogen-bond acceptors (Lipinski definition) is 1. The Bertz CT molecular complexity index is 582. The second-order valence-electron chi connectivity index (χ2n) is 5.75. The predicted molar refractivity (Wildman–Crippen MR) is 91.3 cm³/mol. The highest BCUT2D eigenvalue weighted by molar-refractivity contribution is 6.00. The number of benzene rings is 1. The van der Waals surface area contributed by atoms with Crippen LogP contribution in [0.4, 0.5) is 0 Å².